The van der Waals surface area contributed by atoms with Crippen LogP contribution in [-0.2, 0) is 5.41 Å². The number of aromatic hydroxyl groups is 8. The fourth-order valence-electron chi connectivity index (χ4n) is 9.90. The number of phenolic OH excluding ortho intramolecular Hbond substituents is 8. The van der Waals surface area contributed by atoms with Gasteiger partial charge in [0.15, 0.2) is 23.0 Å². The summed E-state index contributed by atoms with van der Waals surface area (Å²) in [6.45, 7) is 2.16. The standard InChI is InChI=1S/C51H34O9/c1-51-33-18-7-4-11-25(33)20-21-35(51)60-34-19-9-16-30(42(34)51)27-22-26-12-3-6-15-29(26)32(23-27)37-40-38(43(52)47(56)49(58)45(40)54)36(31-17-8-13-24-10-2-5-14-28(24)31)39-41(37)46(55)50(59)48(57)44(39)53/h2-23,35,52-59H,1H3. The van der Waals surface area contributed by atoms with Crippen LogP contribution in [0, 0.1) is 0 Å². The third kappa shape index (κ3) is 4.45. The summed E-state index contributed by atoms with van der Waals surface area (Å²) < 4.78 is 6.63. The highest BCUT2D eigenvalue weighted by Gasteiger charge is 2.49. The van der Waals surface area contributed by atoms with Crippen LogP contribution in [0.4, 0.5) is 0 Å². The van der Waals surface area contributed by atoms with Gasteiger partial charge in [0.05, 0.1) is 5.41 Å². The van der Waals surface area contributed by atoms with Crippen LogP contribution in [0.25, 0.3) is 82.5 Å². The highest BCUT2D eigenvalue weighted by molar-refractivity contribution is 6.31. The average Bonchev–Trinajstić information content (AvgIpc) is 3.60. The quantitative estimate of drug-likeness (QED) is 0.0493. The Morgan fingerprint density at radius 3 is 1.62 bits per heavy atom. The topological polar surface area (TPSA) is 171 Å². The lowest BCUT2D eigenvalue weighted by molar-refractivity contribution is 0.224. The van der Waals surface area contributed by atoms with E-state index in [9.17, 15) is 40.9 Å². The molecule has 0 amide bonds. The average molecular weight is 791 g/mol. The van der Waals surface area contributed by atoms with Gasteiger partial charge in [-0.1, -0.05) is 109 Å². The monoisotopic (exact) mass is 790 g/mol. The SMILES string of the molecule is CC12c3ccccc3C=CC1Oc1cccc(-c3cc(-c4c5c(O)c(O)c(O)c(O)c5c(-c5cccc6ccccc56)c5c(O)c(O)c(O)c(O)c45)c4ccccc4c3)c12. The Kier molecular flexibility index (Phi) is 7.17. The van der Waals surface area contributed by atoms with E-state index in [-0.39, 0.29) is 38.8 Å². The number of ether oxygens (including phenoxy) is 1. The summed E-state index contributed by atoms with van der Waals surface area (Å²) in [5.41, 5.74) is 4.73. The molecule has 2 unspecified atom stereocenters. The zero-order chi connectivity index (χ0) is 41.4. The first-order valence-corrected chi connectivity index (χ1v) is 19.3. The molecule has 11 rings (SSSR count). The van der Waals surface area contributed by atoms with Crippen LogP contribution in [0.5, 0.6) is 51.7 Å². The highest BCUT2D eigenvalue weighted by Crippen LogP contribution is 2.63. The first-order chi connectivity index (χ1) is 29.0. The third-order valence-corrected chi connectivity index (χ3v) is 12.6. The van der Waals surface area contributed by atoms with Gasteiger partial charge in [-0.05, 0) is 86.1 Å². The largest absolute Gasteiger partial charge is 0.504 e. The van der Waals surface area contributed by atoms with E-state index in [1.165, 1.54) is 0 Å². The second-order valence-corrected chi connectivity index (χ2v) is 15.7. The molecule has 9 heteroatoms. The Morgan fingerprint density at radius 1 is 0.467 bits per heavy atom. The van der Waals surface area contributed by atoms with Crippen LogP contribution in [-0.4, -0.2) is 47.0 Å². The Hall–Kier alpha value is -8.04. The van der Waals surface area contributed by atoms with Gasteiger partial charge in [-0.15, -0.1) is 0 Å². The van der Waals surface area contributed by atoms with Crippen molar-refractivity contribution in [1.82, 2.24) is 0 Å². The van der Waals surface area contributed by atoms with Gasteiger partial charge in [0, 0.05) is 38.2 Å². The number of fused-ring (bicyclic) bond motifs is 9. The summed E-state index contributed by atoms with van der Waals surface area (Å²) in [5.74, 6) is -6.75. The normalized spacial score (nSPS) is 16.6. The predicted molar refractivity (Wildman–Crippen MR) is 232 cm³/mol. The molecule has 1 aliphatic carbocycles. The molecule has 2 atom stereocenters. The molecule has 0 bridgehead atoms. The Balaban J connectivity index is 1.34. The first-order valence-electron chi connectivity index (χ1n) is 19.3. The minimum absolute atomic E-state index is 0.00627. The predicted octanol–water partition coefficient (Wildman–Crippen LogP) is 11.0. The van der Waals surface area contributed by atoms with E-state index < -0.39 is 51.4 Å². The zero-order valence-electron chi connectivity index (χ0n) is 31.8. The Bertz CT molecular complexity index is 3340. The van der Waals surface area contributed by atoms with Crippen LogP contribution in [0.1, 0.15) is 23.6 Å². The fourth-order valence-corrected chi connectivity index (χ4v) is 9.90. The molecule has 9 aromatic rings. The van der Waals surface area contributed by atoms with E-state index >= 15 is 0 Å². The zero-order valence-corrected chi connectivity index (χ0v) is 31.8. The summed E-state index contributed by atoms with van der Waals surface area (Å²) in [6, 6.07) is 37.9. The molecule has 2 aliphatic rings. The summed E-state index contributed by atoms with van der Waals surface area (Å²) in [5, 5.41) is 94.9. The second-order valence-electron chi connectivity index (χ2n) is 15.7. The number of rotatable bonds is 3. The maximum Gasteiger partial charge on any atom is 0.204 e. The molecule has 0 aromatic heterocycles. The smallest absolute Gasteiger partial charge is 0.204 e. The minimum Gasteiger partial charge on any atom is -0.504 e. The van der Waals surface area contributed by atoms with Gasteiger partial charge in [-0.3, -0.25) is 0 Å². The fraction of sp³-hybridized carbons (Fsp3) is 0.0588. The van der Waals surface area contributed by atoms with Crippen LogP contribution in [0.3, 0.4) is 0 Å². The van der Waals surface area contributed by atoms with Crippen molar-refractivity contribution in [1.29, 1.82) is 0 Å². The first kappa shape index (κ1) is 35.1. The summed E-state index contributed by atoms with van der Waals surface area (Å²) in [6.07, 6.45) is 3.84. The van der Waals surface area contributed by atoms with Crippen LogP contribution >= 0.6 is 0 Å². The number of benzene rings is 9. The Morgan fingerprint density at radius 2 is 0.967 bits per heavy atom. The third-order valence-electron chi connectivity index (χ3n) is 12.6. The van der Waals surface area contributed by atoms with E-state index in [0.717, 1.165) is 33.0 Å². The molecule has 9 aromatic carbocycles. The van der Waals surface area contributed by atoms with E-state index in [1.807, 2.05) is 84.9 Å². The molecule has 0 saturated heterocycles. The molecular weight excluding hydrogens is 757 g/mol. The molecule has 1 aliphatic heterocycles. The number of hydrogen-bond acceptors (Lipinski definition) is 9. The lowest BCUT2D eigenvalue weighted by atomic mass is 9.67. The molecule has 1 heterocycles. The van der Waals surface area contributed by atoms with Gasteiger partial charge in [-0.25, -0.2) is 0 Å². The minimum atomic E-state index is -1.03. The summed E-state index contributed by atoms with van der Waals surface area (Å²) in [4.78, 5) is 0. The van der Waals surface area contributed by atoms with Crippen molar-refractivity contribution in [3.8, 4) is 85.1 Å². The lowest BCUT2D eigenvalue weighted by Crippen LogP contribution is -2.37. The van der Waals surface area contributed by atoms with Crippen LogP contribution in [0.2, 0.25) is 0 Å². The van der Waals surface area contributed by atoms with Gasteiger partial charge in [0.2, 0.25) is 23.0 Å². The summed E-state index contributed by atoms with van der Waals surface area (Å²) in [7, 11) is 0. The molecule has 0 saturated carbocycles. The van der Waals surface area contributed by atoms with E-state index in [0.29, 0.717) is 33.2 Å². The maximum atomic E-state index is 12.1. The van der Waals surface area contributed by atoms with Crippen molar-refractivity contribution in [2.75, 3.05) is 0 Å². The van der Waals surface area contributed by atoms with E-state index in [4.69, 9.17) is 4.74 Å². The molecule has 0 spiro atoms. The van der Waals surface area contributed by atoms with Crippen molar-refractivity contribution in [2.45, 2.75) is 18.4 Å². The molecule has 292 valence electrons. The molecule has 8 N–H and O–H groups in total. The van der Waals surface area contributed by atoms with Crippen molar-refractivity contribution >= 4 is 49.2 Å². The molecule has 9 nitrogen and oxygen atoms in total. The van der Waals surface area contributed by atoms with Crippen LogP contribution < -0.4 is 4.74 Å². The molecule has 0 radical (unpaired) electrons. The van der Waals surface area contributed by atoms with Crippen molar-refractivity contribution in [2.24, 2.45) is 0 Å². The van der Waals surface area contributed by atoms with E-state index in [2.05, 4.69) is 31.2 Å². The van der Waals surface area contributed by atoms with Gasteiger partial charge in [-0.2, -0.15) is 0 Å². The van der Waals surface area contributed by atoms with Gasteiger partial charge in [0.1, 0.15) is 11.9 Å². The maximum absolute atomic E-state index is 12.1. The van der Waals surface area contributed by atoms with Crippen LogP contribution in [0.15, 0.2) is 127 Å². The number of hydrogen-bond donors (Lipinski definition) is 8. The summed E-state index contributed by atoms with van der Waals surface area (Å²) >= 11 is 0. The molecular formula is C51H34O9. The van der Waals surface area contributed by atoms with Gasteiger partial charge in [0.25, 0.3) is 0 Å². The van der Waals surface area contributed by atoms with E-state index in [1.54, 1.807) is 24.3 Å². The Labute approximate surface area is 341 Å². The van der Waals surface area contributed by atoms with Crippen molar-refractivity contribution in [3.63, 3.8) is 0 Å². The van der Waals surface area contributed by atoms with Crippen molar-refractivity contribution in [3.05, 3.63) is 144 Å². The molecule has 60 heavy (non-hydrogen) atoms. The molecule has 0 fully saturated rings. The van der Waals surface area contributed by atoms with Gasteiger partial charge >= 0.3 is 0 Å². The highest BCUT2D eigenvalue weighted by atomic mass is 16.5. The van der Waals surface area contributed by atoms with Gasteiger partial charge < -0.3 is 45.6 Å². The number of phenols is 8. The van der Waals surface area contributed by atoms with Crippen molar-refractivity contribution < 1.29 is 45.6 Å². The second kappa shape index (κ2) is 12.2. The lowest BCUT2D eigenvalue weighted by Gasteiger charge is -2.34.